The van der Waals surface area contributed by atoms with E-state index in [2.05, 4.69) is 101 Å². The number of hydrogen-bond acceptors (Lipinski definition) is 1. The van der Waals surface area contributed by atoms with Crippen molar-refractivity contribution in [3.63, 3.8) is 0 Å². The number of aromatic nitrogens is 2. The van der Waals surface area contributed by atoms with E-state index in [-0.39, 0.29) is 0 Å². The van der Waals surface area contributed by atoms with Crippen LogP contribution in [0.4, 0.5) is 0 Å². The highest BCUT2D eigenvalue weighted by Gasteiger charge is 2.19. The van der Waals surface area contributed by atoms with Gasteiger partial charge in [-0.15, -0.1) is 0 Å². The maximum Gasteiger partial charge on any atom is 0.220 e. The van der Waals surface area contributed by atoms with Gasteiger partial charge in [0.1, 0.15) is 7.05 Å². The van der Waals surface area contributed by atoms with Crippen LogP contribution in [0.2, 0.25) is 0 Å². The predicted molar refractivity (Wildman–Crippen MR) is 122 cm³/mol. The average molecular weight is 382 g/mol. The van der Waals surface area contributed by atoms with Gasteiger partial charge in [0, 0.05) is 17.8 Å². The molecule has 0 unspecified atom stereocenters. The molecule has 2 aromatic carbocycles. The zero-order chi connectivity index (χ0) is 20.7. The van der Waals surface area contributed by atoms with Crippen molar-refractivity contribution in [2.24, 2.45) is 7.05 Å². The largest absolute Gasteiger partial charge is 0.256 e. The normalized spacial score (nSPS) is 11.4. The number of hydrogen-bond donors (Lipinski definition) is 0. The van der Waals surface area contributed by atoms with Crippen LogP contribution in [-0.2, 0) is 7.05 Å². The molecule has 0 aliphatic heterocycles. The monoisotopic (exact) mass is 381 g/mol. The summed E-state index contributed by atoms with van der Waals surface area (Å²) in [4.78, 5) is 4.71. The van der Waals surface area contributed by atoms with Crippen LogP contribution in [0.5, 0.6) is 0 Å². The number of aryl methyl sites for hydroxylation is 3. The number of benzene rings is 2. The van der Waals surface area contributed by atoms with Crippen LogP contribution in [-0.4, -0.2) is 4.98 Å². The van der Waals surface area contributed by atoms with Crippen molar-refractivity contribution < 1.29 is 4.57 Å². The number of pyridine rings is 2. The van der Waals surface area contributed by atoms with E-state index < -0.39 is 0 Å². The van der Waals surface area contributed by atoms with Crippen molar-refractivity contribution in [1.82, 2.24) is 4.98 Å². The molecule has 0 spiro atoms. The van der Waals surface area contributed by atoms with Crippen molar-refractivity contribution >= 4 is 10.8 Å². The molecule has 0 aliphatic carbocycles. The highest BCUT2D eigenvalue weighted by atomic mass is 14.9. The molecule has 2 heterocycles. The van der Waals surface area contributed by atoms with Crippen LogP contribution in [0, 0.1) is 20.8 Å². The Kier molecular flexibility index (Phi) is 4.96. The van der Waals surface area contributed by atoms with Gasteiger partial charge in [-0.2, -0.15) is 0 Å². The number of fused-ring (bicyclic) bond motifs is 1. The minimum absolute atomic E-state index is 0.497. The second kappa shape index (κ2) is 7.44. The van der Waals surface area contributed by atoms with E-state index in [1.165, 1.54) is 44.3 Å². The zero-order valence-electron chi connectivity index (χ0n) is 18.2. The summed E-state index contributed by atoms with van der Waals surface area (Å²) in [6, 6.07) is 17.8. The Bertz CT molecular complexity index is 1200. The first kappa shape index (κ1) is 19.3. The van der Waals surface area contributed by atoms with Gasteiger partial charge in [0.05, 0.1) is 16.6 Å². The van der Waals surface area contributed by atoms with E-state index in [0.29, 0.717) is 5.92 Å². The van der Waals surface area contributed by atoms with Gasteiger partial charge < -0.3 is 0 Å². The highest BCUT2D eigenvalue weighted by Crippen LogP contribution is 2.32. The van der Waals surface area contributed by atoms with Gasteiger partial charge in [0.25, 0.3) is 0 Å². The quantitative estimate of drug-likeness (QED) is 0.373. The van der Waals surface area contributed by atoms with Gasteiger partial charge in [-0.25, -0.2) is 4.57 Å². The third kappa shape index (κ3) is 3.55. The molecule has 146 valence electrons. The van der Waals surface area contributed by atoms with Crippen LogP contribution < -0.4 is 4.57 Å². The van der Waals surface area contributed by atoms with E-state index in [0.717, 1.165) is 11.3 Å². The van der Waals surface area contributed by atoms with Crippen LogP contribution in [0.15, 0.2) is 60.9 Å². The van der Waals surface area contributed by atoms with Gasteiger partial charge in [-0.05, 0) is 73.0 Å². The third-order valence-corrected chi connectivity index (χ3v) is 5.95. The van der Waals surface area contributed by atoms with Crippen molar-refractivity contribution in [2.45, 2.75) is 40.5 Å². The molecule has 0 saturated heterocycles. The van der Waals surface area contributed by atoms with E-state index in [1.807, 2.05) is 6.20 Å². The summed E-state index contributed by atoms with van der Waals surface area (Å²) >= 11 is 0. The van der Waals surface area contributed by atoms with E-state index in [4.69, 9.17) is 4.98 Å². The molecule has 0 bridgehead atoms. The molecule has 0 amide bonds. The van der Waals surface area contributed by atoms with Gasteiger partial charge in [0.15, 0.2) is 6.20 Å². The van der Waals surface area contributed by atoms with E-state index >= 15 is 0 Å². The molecular weight excluding hydrogens is 352 g/mol. The molecule has 2 nitrogen and oxygen atoms in total. The summed E-state index contributed by atoms with van der Waals surface area (Å²) in [7, 11) is 2.13. The second-order valence-electron chi connectivity index (χ2n) is 8.46. The fraction of sp³-hybridized carbons (Fsp3) is 0.259. The fourth-order valence-electron chi connectivity index (χ4n) is 4.07. The third-order valence-electron chi connectivity index (χ3n) is 5.95. The van der Waals surface area contributed by atoms with Gasteiger partial charge >= 0.3 is 0 Å². The molecule has 0 fully saturated rings. The van der Waals surface area contributed by atoms with Crippen molar-refractivity contribution in [2.75, 3.05) is 0 Å². The smallest absolute Gasteiger partial charge is 0.220 e. The van der Waals surface area contributed by atoms with Gasteiger partial charge in [-0.3, -0.25) is 4.98 Å². The minimum atomic E-state index is 0.497. The summed E-state index contributed by atoms with van der Waals surface area (Å²) in [6.45, 7) is 11.0. The Morgan fingerprint density at radius 3 is 2.38 bits per heavy atom. The lowest BCUT2D eigenvalue weighted by Gasteiger charge is -2.12. The average Bonchev–Trinajstić information content (AvgIpc) is 2.70. The summed E-state index contributed by atoms with van der Waals surface area (Å²) in [5.41, 5.74) is 10.00. The Labute approximate surface area is 173 Å². The molecule has 0 aliphatic rings. The Morgan fingerprint density at radius 2 is 1.69 bits per heavy atom. The topological polar surface area (TPSA) is 16.8 Å². The van der Waals surface area contributed by atoms with E-state index in [9.17, 15) is 0 Å². The molecule has 2 aromatic heterocycles. The summed E-state index contributed by atoms with van der Waals surface area (Å²) in [6.07, 6.45) is 4.16. The molecule has 29 heavy (non-hydrogen) atoms. The Hall–Kier alpha value is -3.00. The van der Waals surface area contributed by atoms with Crippen molar-refractivity contribution in [1.29, 1.82) is 0 Å². The van der Waals surface area contributed by atoms with Crippen molar-refractivity contribution in [3.8, 4) is 22.5 Å². The molecule has 0 saturated carbocycles. The minimum Gasteiger partial charge on any atom is -0.256 e. The number of nitrogens with zero attached hydrogens (tertiary/aromatic N) is 2. The first-order valence-corrected chi connectivity index (χ1v) is 10.3. The lowest BCUT2D eigenvalue weighted by molar-refractivity contribution is -0.659. The second-order valence-corrected chi connectivity index (χ2v) is 8.46. The Morgan fingerprint density at radius 1 is 0.897 bits per heavy atom. The fourth-order valence-corrected chi connectivity index (χ4v) is 4.07. The lowest BCUT2D eigenvalue weighted by Crippen LogP contribution is -2.30. The Balaban J connectivity index is 1.88. The molecule has 0 N–H and O–H groups in total. The lowest BCUT2D eigenvalue weighted by atomic mass is 9.94. The standard InChI is InChI=1S/C27H29N2/c1-17(2)23-8-10-26(28-16-23)22-7-9-24-21(15-22)11-12-29(6)27(24)25-14-18(3)13-19(4)20(25)5/h7-17H,1-6H3/q+1. The van der Waals surface area contributed by atoms with Crippen molar-refractivity contribution in [3.05, 3.63) is 83.2 Å². The van der Waals surface area contributed by atoms with Crippen LogP contribution in [0.25, 0.3) is 33.3 Å². The van der Waals surface area contributed by atoms with Gasteiger partial charge in [0.2, 0.25) is 5.69 Å². The summed E-state index contributed by atoms with van der Waals surface area (Å²) < 4.78 is 2.24. The molecule has 0 atom stereocenters. The molecule has 0 radical (unpaired) electrons. The highest BCUT2D eigenvalue weighted by molar-refractivity contribution is 5.96. The molecule has 2 heteroatoms. The van der Waals surface area contributed by atoms with Crippen LogP contribution >= 0.6 is 0 Å². The van der Waals surface area contributed by atoms with Crippen LogP contribution in [0.1, 0.15) is 42.0 Å². The summed E-state index contributed by atoms with van der Waals surface area (Å²) in [5, 5.41) is 2.51. The predicted octanol–water partition coefficient (Wildman–Crippen LogP) is 6.44. The first-order valence-electron chi connectivity index (χ1n) is 10.3. The maximum absolute atomic E-state index is 4.71. The SMILES string of the molecule is Cc1cc(C)c(C)c(-c2c3ccc(-c4ccc(C(C)C)cn4)cc3cc[n+]2C)c1. The molecular formula is C27H29N2+. The van der Waals surface area contributed by atoms with E-state index in [1.54, 1.807) is 0 Å². The summed E-state index contributed by atoms with van der Waals surface area (Å²) in [5.74, 6) is 0.497. The first-order chi connectivity index (χ1) is 13.8. The molecule has 4 rings (SSSR count). The number of rotatable bonds is 3. The zero-order valence-corrected chi connectivity index (χ0v) is 18.2. The molecule has 4 aromatic rings. The van der Waals surface area contributed by atoms with Crippen LogP contribution in [0.3, 0.4) is 0 Å². The maximum atomic E-state index is 4.71. The van der Waals surface area contributed by atoms with Gasteiger partial charge in [-0.1, -0.05) is 37.6 Å².